The molecule has 18 heavy (non-hydrogen) atoms. The third-order valence-electron chi connectivity index (χ3n) is 2.52. The fourth-order valence-electron chi connectivity index (χ4n) is 1.62. The summed E-state index contributed by atoms with van der Waals surface area (Å²) in [5.41, 5.74) is -0.318. The zero-order valence-electron chi connectivity index (χ0n) is 11.3. The lowest BCUT2D eigenvalue weighted by atomic mass is 10.1. The van der Waals surface area contributed by atoms with E-state index in [9.17, 15) is 4.79 Å². The lowest BCUT2D eigenvalue weighted by Gasteiger charge is -2.22. The van der Waals surface area contributed by atoms with E-state index in [0.717, 1.165) is 13.1 Å². The van der Waals surface area contributed by atoms with Gasteiger partial charge in [0.1, 0.15) is 18.3 Å². The van der Waals surface area contributed by atoms with Crippen LogP contribution in [0.3, 0.4) is 0 Å². The maximum Gasteiger partial charge on any atom is 0.293 e. The third kappa shape index (κ3) is 5.77. The van der Waals surface area contributed by atoms with E-state index in [2.05, 4.69) is 20.1 Å². The smallest absolute Gasteiger partial charge is 0.293 e. The average molecular weight is 254 g/mol. The number of rotatable bonds is 2. The van der Waals surface area contributed by atoms with Gasteiger partial charge in [0.2, 0.25) is 0 Å². The first kappa shape index (κ1) is 14.6. The molecule has 0 unspecified atom stereocenters. The Bertz CT molecular complexity index is 326. The molecule has 1 saturated heterocycles. The first-order chi connectivity index (χ1) is 8.53. The Hall–Kier alpha value is -1.43. The minimum absolute atomic E-state index is 0.318. The van der Waals surface area contributed by atoms with Crippen LogP contribution in [0.5, 0.6) is 0 Å². The number of carbonyl (C=O) groups excluding carboxylic acids is 1. The molecule has 2 heterocycles. The van der Waals surface area contributed by atoms with Gasteiger partial charge in [-0.1, -0.05) is 0 Å². The molecule has 102 valence electrons. The summed E-state index contributed by atoms with van der Waals surface area (Å²) in [6.07, 6.45) is 5.74. The van der Waals surface area contributed by atoms with Crippen LogP contribution in [0.2, 0.25) is 0 Å². The largest absolute Gasteiger partial charge is 0.462 e. The topological polar surface area (TPSA) is 69.0 Å². The Morgan fingerprint density at radius 3 is 2.44 bits per heavy atom. The molecule has 0 aliphatic carbocycles. The first-order valence-electron chi connectivity index (χ1n) is 6.19. The molecular formula is C12H22N4O2. The van der Waals surface area contributed by atoms with Crippen molar-refractivity contribution >= 4 is 6.47 Å². The second-order valence-corrected chi connectivity index (χ2v) is 5.18. The summed E-state index contributed by atoms with van der Waals surface area (Å²) in [5, 5.41) is 7.43. The first-order valence-corrected chi connectivity index (χ1v) is 6.19. The molecule has 6 nitrogen and oxygen atoms in total. The highest BCUT2D eigenvalue weighted by Gasteiger charge is 2.14. The highest BCUT2D eigenvalue weighted by molar-refractivity contribution is 5.37. The molecule has 6 heteroatoms. The molecule has 0 radical (unpaired) electrons. The van der Waals surface area contributed by atoms with Gasteiger partial charge >= 0.3 is 0 Å². The molecule has 1 N–H and O–H groups in total. The number of nitrogens with zero attached hydrogens (tertiary/aromatic N) is 3. The van der Waals surface area contributed by atoms with E-state index in [1.165, 1.54) is 12.8 Å². The Kier molecular flexibility index (Phi) is 5.77. The quantitative estimate of drug-likeness (QED) is 0.802. The number of hydrogen-bond donors (Lipinski definition) is 1. The van der Waals surface area contributed by atoms with E-state index in [1.54, 1.807) is 12.7 Å². The summed E-state index contributed by atoms with van der Waals surface area (Å²) in [4.78, 5) is 13.5. The molecule has 2 rings (SSSR count). The summed E-state index contributed by atoms with van der Waals surface area (Å²) in [5.74, 6) is 0. The van der Waals surface area contributed by atoms with Gasteiger partial charge in [-0.3, -0.25) is 4.79 Å². The van der Waals surface area contributed by atoms with Gasteiger partial charge < -0.3 is 10.1 Å². The van der Waals surface area contributed by atoms with Crippen LogP contribution in [0.15, 0.2) is 12.7 Å². The van der Waals surface area contributed by atoms with Crippen LogP contribution >= 0.6 is 0 Å². The molecule has 0 amide bonds. The number of aromatic nitrogens is 3. The summed E-state index contributed by atoms with van der Waals surface area (Å²) in [6.45, 7) is 8.12. The highest BCUT2D eigenvalue weighted by Crippen LogP contribution is 2.15. The van der Waals surface area contributed by atoms with E-state index >= 15 is 0 Å². The maximum absolute atomic E-state index is 9.60. The molecule has 0 aromatic carbocycles. The van der Waals surface area contributed by atoms with Crippen molar-refractivity contribution in [3.05, 3.63) is 12.7 Å². The molecular weight excluding hydrogens is 232 g/mol. The van der Waals surface area contributed by atoms with Crippen LogP contribution in [0, 0.1) is 0 Å². The summed E-state index contributed by atoms with van der Waals surface area (Å²) >= 11 is 0. The van der Waals surface area contributed by atoms with Crippen LogP contribution in [-0.4, -0.2) is 39.9 Å². The number of piperidine rings is 1. The molecule has 1 aromatic heterocycles. The van der Waals surface area contributed by atoms with Crippen molar-refractivity contribution in [1.82, 2.24) is 20.1 Å². The number of hydrogen-bond acceptors (Lipinski definition) is 5. The van der Waals surface area contributed by atoms with Crippen LogP contribution in [0.4, 0.5) is 0 Å². The second kappa shape index (κ2) is 7.10. The Morgan fingerprint density at radius 1 is 1.39 bits per heavy atom. The molecule has 0 bridgehead atoms. The fourth-order valence-corrected chi connectivity index (χ4v) is 1.62. The van der Waals surface area contributed by atoms with E-state index in [1.807, 2.05) is 25.5 Å². The minimum Gasteiger partial charge on any atom is -0.462 e. The average Bonchev–Trinajstić information content (AvgIpc) is 2.83. The van der Waals surface area contributed by atoms with E-state index in [-0.39, 0.29) is 5.60 Å². The van der Waals surface area contributed by atoms with Crippen molar-refractivity contribution in [2.45, 2.75) is 45.3 Å². The van der Waals surface area contributed by atoms with Crippen LogP contribution < -0.4 is 5.32 Å². The second-order valence-electron chi connectivity index (χ2n) is 5.18. The molecule has 0 spiro atoms. The van der Waals surface area contributed by atoms with Gasteiger partial charge in [-0.2, -0.15) is 5.10 Å². The highest BCUT2D eigenvalue weighted by atomic mass is 16.5. The Balaban J connectivity index is 0.000000203. The van der Waals surface area contributed by atoms with Crippen molar-refractivity contribution in [2.75, 3.05) is 13.1 Å². The summed E-state index contributed by atoms with van der Waals surface area (Å²) in [7, 11) is 0. The molecule has 0 atom stereocenters. The Morgan fingerprint density at radius 2 is 2.06 bits per heavy atom. The maximum atomic E-state index is 9.60. The number of nitrogens with one attached hydrogen (secondary N) is 1. The molecule has 1 aromatic rings. The van der Waals surface area contributed by atoms with E-state index < -0.39 is 0 Å². The van der Waals surface area contributed by atoms with Crippen molar-refractivity contribution < 1.29 is 9.53 Å². The minimum atomic E-state index is -0.318. The normalized spacial score (nSPS) is 16.6. The van der Waals surface area contributed by atoms with Gasteiger partial charge in [0.25, 0.3) is 6.47 Å². The zero-order chi connectivity index (χ0) is 13.4. The van der Waals surface area contributed by atoms with Gasteiger partial charge in [-0.25, -0.2) is 9.67 Å². The molecule has 1 aliphatic heterocycles. The van der Waals surface area contributed by atoms with Crippen LogP contribution in [0.25, 0.3) is 0 Å². The van der Waals surface area contributed by atoms with Gasteiger partial charge in [0.05, 0.1) is 6.04 Å². The monoisotopic (exact) mass is 254 g/mol. The van der Waals surface area contributed by atoms with E-state index in [0.29, 0.717) is 12.5 Å². The van der Waals surface area contributed by atoms with Gasteiger partial charge in [-0.05, 0) is 46.7 Å². The lowest BCUT2D eigenvalue weighted by Crippen LogP contribution is -2.29. The molecule has 1 aliphatic rings. The standard InChI is InChI=1S/C7H12N4.C5H10O2/c1-3-8-4-2-7(1)11-6-9-5-10-11;1-5(2,3)7-4-6/h5-8H,1-4H2;4H,1-3H3. The predicted octanol–water partition coefficient (Wildman–Crippen LogP) is 1.16. The zero-order valence-corrected chi connectivity index (χ0v) is 11.3. The summed E-state index contributed by atoms with van der Waals surface area (Å²) < 4.78 is 6.51. The van der Waals surface area contributed by atoms with Crippen molar-refractivity contribution in [2.24, 2.45) is 0 Å². The van der Waals surface area contributed by atoms with Crippen LogP contribution in [0.1, 0.15) is 39.7 Å². The summed E-state index contributed by atoms with van der Waals surface area (Å²) in [6, 6.07) is 0.568. The fraction of sp³-hybridized carbons (Fsp3) is 0.750. The van der Waals surface area contributed by atoms with Crippen molar-refractivity contribution in [3.8, 4) is 0 Å². The Labute approximate surface area is 108 Å². The van der Waals surface area contributed by atoms with Gasteiger partial charge in [-0.15, -0.1) is 0 Å². The van der Waals surface area contributed by atoms with Crippen LogP contribution in [-0.2, 0) is 9.53 Å². The van der Waals surface area contributed by atoms with Crippen molar-refractivity contribution in [3.63, 3.8) is 0 Å². The van der Waals surface area contributed by atoms with Gasteiger partial charge in [0.15, 0.2) is 0 Å². The third-order valence-corrected chi connectivity index (χ3v) is 2.52. The molecule has 0 saturated carbocycles. The van der Waals surface area contributed by atoms with E-state index in [4.69, 9.17) is 0 Å². The lowest BCUT2D eigenvalue weighted by molar-refractivity contribution is -0.138. The van der Waals surface area contributed by atoms with Gasteiger partial charge in [0, 0.05) is 0 Å². The molecule has 1 fully saturated rings. The number of carbonyl (C=O) groups is 1. The van der Waals surface area contributed by atoms with Crippen molar-refractivity contribution in [1.29, 1.82) is 0 Å². The number of ether oxygens (including phenoxy) is 1. The SMILES string of the molecule is CC(C)(C)OC=O.c1ncn(C2CCNCC2)n1. The predicted molar refractivity (Wildman–Crippen MR) is 68.1 cm³/mol.